The van der Waals surface area contributed by atoms with Gasteiger partial charge in [0.1, 0.15) is 0 Å². The maximum absolute atomic E-state index is 13.2. The number of carbonyl (C=O) groups is 2. The first-order valence-corrected chi connectivity index (χ1v) is 12.3. The molecular weight excluding hydrogens is 512 g/mol. The fourth-order valence-corrected chi connectivity index (χ4v) is 5.10. The summed E-state index contributed by atoms with van der Waals surface area (Å²) in [5.74, 6) is -0.110. The van der Waals surface area contributed by atoms with Crippen LogP contribution in [-0.4, -0.2) is 58.1 Å². The molecule has 1 aromatic carbocycles. The average Bonchev–Trinajstić information content (AvgIpc) is 2.89. The number of aliphatic hydroxyl groups is 1. The quantitative estimate of drug-likeness (QED) is 0.486. The third kappa shape index (κ3) is 7.08. The summed E-state index contributed by atoms with van der Waals surface area (Å²) < 4.78 is 5.75. The van der Waals surface area contributed by atoms with Crippen LogP contribution in [0.2, 0.25) is 0 Å². The second kappa shape index (κ2) is 13.1. The van der Waals surface area contributed by atoms with E-state index in [1.807, 2.05) is 30.3 Å². The van der Waals surface area contributed by atoms with Crippen LogP contribution in [0.1, 0.15) is 50.5 Å². The van der Waals surface area contributed by atoms with Gasteiger partial charge in [-0.05, 0) is 50.3 Å². The van der Waals surface area contributed by atoms with E-state index in [9.17, 15) is 14.7 Å². The van der Waals surface area contributed by atoms with Crippen molar-refractivity contribution in [3.05, 3.63) is 54.5 Å². The zero-order valence-electron chi connectivity index (χ0n) is 20.0. The Labute approximate surface area is 217 Å². The number of piperidine rings is 1. The number of halogens is 1. The van der Waals surface area contributed by atoms with E-state index in [2.05, 4.69) is 20.2 Å². The molecule has 8 nitrogen and oxygen atoms in total. The van der Waals surface area contributed by atoms with Gasteiger partial charge in [-0.3, -0.25) is 14.7 Å². The number of likely N-dealkylation sites (tertiary alicyclic amines) is 1. The van der Waals surface area contributed by atoms with Crippen LogP contribution in [-0.2, 0) is 19.9 Å². The van der Waals surface area contributed by atoms with Crippen molar-refractivity contribution in [2.24, 2.45) is 11.8 Å². The van der Waals surface area contributed by atoms with E-state index in [4.69, 9.17) is 4.74 Å². The van der Waals surface area contributed by atoms with Crippen LogP contribution in [0, 0.1) is 11.8 Å². The number of nitrogens with one attached hydrogen (secondary N) is 1. The van der Waals surface area contributed by atoms with E-state index in [0.717, 1.165) is 58.0 Å². The summed E-state index contributed by atoms with van der Waals surface area (Å²) in [6.07, 6.45) is 11.1. The van der Waals surface area contributed by atoms with Crippen molar-refractivity contribution in [3.63, 3.8) is 0 Å². The summed E-state index contributed by atoms with van der Waals surface area (Å²) in [5, 5.41) is 14.4. The zero-order chi connectivity index (χ0) is 23.8. The van der Waals surface area contributed by atoms with Gasteiger partial charge in [-0.25, -0.2) is 9.78 Å². The summed E-state index contributed by atoms with van der Waals surface area (Å²) in [6, 6.07) is 9.23. The highest BCUT2D eigenvalue weighted by Crippen LogP contribution is 2.40. The number of aromatic nitrogens is 2. The molecule has 2 N–H and O–H groups in total. The topological polar surface area (TPSA) is 105 Å². The van der Waals surface area contributed by atoms with Crippen molar-refractivity contribution in [2.45, 2.75) is 50.5 Å². The molecular formula is C26H35BrN4O4. The van der Waals surface area contributed by atoms with E-state index >= 15 is 0 Å². The summed E-state index contributed by atoms with van der Waals surface area (Å²) in [5.41, 5.74) is -0.975. The first-order valence-electron chi connectivity index (χ1n) is 12.3. The summed E-state index contributed by atoms with van der Waals surface area (Å²) in [4.78, 5) is 35.6. The monoisotopic (exact) mass is 546 g/mol. The fraction of sp³-hybridized carbons (Fsp3) is 0.538. The molecule has 2 aliphatic rings. The Hall–Kier alpha value is -2.36. The SMILES string of the molecule is Br.O=C(CN1CCC(COC(=O)C(O)(c2ccccc2)C2CCCCC2)CC1)Nc1cnccn1. The molecule has 4 rings (SSSR count). The third-order valence-electron chi connectivity index (χ3n) is 7.08. The molecule has 1 aliphatic carbocycles. The van der Waals surface area contributed by atoms with Crippen LogP contribution >= 0.6 is 17.0 Å². The van der Waals surface area contributed by atoms with Gasteiger partial charge in [0.05, 0.1) is 19.3 Å². The Morgan fingerprint density at radius 1 is 1.06 bits per heavy atom. The van der Waals surface area contributed by atoms with E-state index in [-0.39, 0.29) is 34.7 Å². The van der Waals surface area contributed by atoms with Crippen LogP contribution in [0.3, 0.4) is 0 Å². The van der Waals surface area contributed by atoms with Crippen molar-refractivity contribution >= 4 is 34.7 Å². The van der Waals surface area contributed by atoms with E-state index in [1.165, 1.54) is 12.4 Å². The normalized spacial score (nSPS) is 19.2. The standard InChI is InChI=1S/C26H34N4O4.BrH/c31-24(29-23-17-27-13-14-28-23)18-30-15-11-20(12-16-30)19-34-25(32)26(33,21-7-3-1-4-8-21)22-9-5-2-6-10-22;/h1,3-4,7-8,13-14,17,20,22,33H,2,5-6,9-12,15-16,18-19H2,(H,28,29,31);1H. The van der Waals surface area contributed by atoms with Gasteiger partial charge in [0.15, 0.2) is 11.4 Å². The van der Waals surface area contributed by atoms with E-state index < -0.39 is 11.6 Å². The van der Waals surface area contributed by atoms with E-state index in [0.29, 0.717) is 24.5 Å². The molecule has 35 heavy (non-hydrogen) atoms. The van der Waals surface area contributed by atoms with Crippen LogP contribution in [0.15, 0.2) is 48.9 Å². The maximum Gasteiger partial charge on any atom is 0.343 e. The van der Waals surface area contributed by atoms with E-state index in [1.54, 1.807) is 6.20 Å². The Morgan fingerprint density at radius 2 is 1.77 bits per heavy atom. The second-order valence-electron chi connectivity index (χ2n) is 9.42. The van der Waals surface area contributed by atoms with Crippen molar-refractivity contribution in [2.75, 3.05) is 31.6 Å². The van der Waals surface area contributed by atoms with Crippen LogP contribution in [0.25, 0.3) is 0 Å². The average molecular weight is 547 g/mol. The third-order valence-corrected chi connectivity index (χ3v) is 7.08. The number of nitrogens with zero attached hydrogens (tertiary/aromatic N) is 3. The molecule has 1 saturated carbocycles. The van der Waals surface area contributed by atoms with Crippen molar-refractivity contribution in [1.29, 1.82) is 0 Å². The zero-order valence-corrected chi connectivity index (χ0v) is 21.7. The smallest absolute Gasteiger partial charge is 0.343 e. The molecule has 0 bridgehead atoms. The molecule has 2 aromatic rings. The molecule has 1 aliphatic heterocycles. The number of carbonyl (C=O) groups excluding carboxylic acids is 2. The largest absolute Gasteiger partial charge is 0.463 e. The number of rotatable bonds is 8. The number of anilines is 1. The van der Waals surface area contributed by atoms with Gasteiger partial charge >= 0.3 is 5.97 Å². The van der Waals surface area contributed by atoms with Crippen molar-refractivity contribution in [1.82, 2.24) is 14.9 Å². The minimum Gasteiger partial charge on any atom is -0.463 e. The van der Waals surface area contributed by atoms with Gasteiger partial charge in [0, 0.05) is 18.3 Å². The lowest BCUT2D eigenvalue weighted by molar-refractivity contribution is -0.177. The Balaban J connectivity index is 0.00000342. The number of hydrogen-bond acceptors (Lipinski definition) is 7. The van der Waals surface area contributed by atoms with Crippen molar-refractivity contribution in [3.8, 4) is 0 Å². The summed E-state index contributed by atoms with van der Waals surface area (Å²) in [7, 11) is 0. The molecule has 1 atom stereocenters. The highest BCUT2D eigenvalue weighted by Gasteiger charge is 2.47. The lowest BCUT2D eigenvalue weighted by Crippen LogP contribution is -2.46. The molecule has 9 heteroatoms. The molecule has 2 fully saturated rings. The summed E-state index contributed by atoms with van der Waals surface area (Å²) >= 11 is 0. The van der Waals surface area contributed by atoms with Gasteiger partial charge in [0.25, 0.3) is 0 Å². The lowest BCUT2D eigenvalue weighted by atomic mass is 9.73. The predicted molar refractivity (Wildman–Crippen MR) is 138 cm³/mol. The molecule has 0 radical (unpaired) electrons. The van der Waals surface area contributed by atoms with Gasteiger partial charge < -0.3 is 15.2 Å². The Bertz CT molecular complexity index is 935. The highest BCUT2D eigenvalue weighted by molar-refractivity contribution is 8.93. The van der Waals surface area contributed by atoms with Crippen LogP contribution in [0.5, 0.6) is 0 Å². The number of esters is 1. The molecule has 2 heterocycles. The van der Waals surface area contributed by atoms with Crippen molar-refractivity contribution < 1.29 is 19.4 Å². The molecule has 1 saturated heterocycles. The van der Waals surface area contributed by atoms with Gasteiger partial charge in [-0.1, -0.05) is 49.6 Å². The maximum atomic E-state index is 13.2. The predicted octanol–water partition coefficient (Wildman–Crippen LogP) is 3.72. The number of benzene rings is 1. The molecule has 1 unspecified atom stereocenters. The molecule has 1 aromatic heterocycles. The second-order valence-corrected chi connectivity index (χ2v) is 9.42. The van der Waals surface area contributed by atoms with Gasteiger partial charge in [-0.2, -0.15) is 0 Å². The lowest BCUT2D eigenvalue weighted by Gasteiger charge is -2.37. The fourth-order valence-electron chi connectivity index (χ4n) is 5.10. The molecule has 190 valence electrons. The van der Waals surface area contributed by atoms with Gasteiger partial charge in [0.2, 0.25) is 5.91 Å². The first-order chi connectivity index (χ1) is 16.6. The van der Waals surface area contributed by atoms with Crippen LogP contribution < -0.4 is 5.32 Å². The molecule has 0 spiro atoms. The minimum absolute atomic E-state index is 0. The summed E-state index contributed by atoms with van der Waals surface area (Å²) in [6.45, 7) is 2.09. The Morgan fingerprint density at radius 3 is 2.43 bits per heavy atom. The Kier molecular flexibility index (Phi) is 10.2. The van der Waals surface area contributed by atoms with Gasteiger partial charge in [-0.15, -0.1) is 17.0 Å². The number of ether oxygens (including phenoxy) is 1. The highest BCUT2D eigenvalue weighted by atomic mass is 79.9. The molecule has 1 amide bonds. The number of amides is 1. The number of hydrogen-bond donors (Lipinski definition) is 2. The first kappa shape index (κ1) is 27.2. The minimum atomic E-state index is -1.60. The van der Waals surface area contributed by atoms with Crippen LogP contribution in [0.4, 0.5) is 5.82 Å².